The number of methoxy groups -OCH3 is 1. The summed E-state index contributed by atoms with van der Waals surface area (Å²) < 4.78 is 10.4. The molecule has 1 aliphatic heterocycles. The number of pyridine rings is 2. The molecule has 3 aromatic heterocycles. The van der Waals surface area contributed by atoms with Crippen molar-refractivity contribution in [1.29, 1.82) is 0 Å². The Kier molecular flexibility index (Phi) is 8.46. The van der Waals surface area contributed by atoms with Crippen molar-refractivity contribution in [2.45, 2.75) is 57.8 Å². The molecule has 1 N–H and O–H groups in total. The molecule has 34 heavy (non-hydrogen) atoms. The van der Waals surface area contributed by atoms with Crippen molar-refractivity contribution in [3.05, 3.63) is 63.4 Å². The second-order valence-corrected chi connectivity index (χ2v) is 9.55. The first-order chi connectivity index (χ1) is 16.7. The normalized spacial score (nSPS) is 13.6. The molecular formula is C26H32N4O3S. The van der Waals surface area contributed by atoms with Gasteiger partial charge in [-0.1, -0.05) is 12.1 Å². The number of nitrogens with zero attached hydrogens (tertiary/aromatic N) is 3. The van der Waals surface area contributed by atoms with E-state index < -0.39 is 0 Å². The van der Waals surface area contributed by atoms with Gasteiger partial charge in [0.15, 0.2) is 0 Å². The van der Waals surface area contributed by atoms with Gasteiger partial charge in [0, 0.05) is 41.5 Å². The second kappa shape index (κ2) is 11.9. The van der Waals surface area contributed by atoms with Crippen LogP contribution in [0, 0.1) is 0 Å². The Bertz CT molecular complexity index is 1080. The quantitative estimate of drug-likeness (QED) is 0.307. The number of anilines is 1. The lowest BCUT2D eigenvalue weighted by Crippen LogP contribution is -2.14. The third kappa shape index (κ3) is 6.32. The Morgan fingerprint density at radius 2 is 2.03 bits per heavy atom. The molecule has 0 spiro atoms. The summed E-state index contributed by atoms with van der Waals surface area (Å²) in [6.45, 7) is 3.20. The van der Waals surface area contributed by atoms with Gasteiger partial charge in [-0.05, 0) is 62.6 Å². The summed E-state index contributed by atoms with van der Waals surface area (Å²) in [6, 6.07) is 8.14. The number of rotatable bonds is 11. The molecule has 0 amide bonds. The molecule has 0 aliphatic carbocycles. The lowest BCUT2D eigenvalue weighted by Gasteiger charge is -2.17. The highest BCUT2D eigenvalue weighted by Crippen LogP contribution is 2.32. The Hall–Kier alpha value is -3.00. The number of fused-ring (bicyclic) bond motifs is 1. The van der Waals surface area contributed by atoms with Crippen LogP contribution in [0.2, 0.25) is 0 Å². The second-order valence-electron chi connectivity index (χ2n) is 8.41. The first-order valence-corrected chi connectivity index (χ1v) is 12.8. The zero-order valence-corrected chi connectivity index (χ0v) is 20.7. The standard InChI is InChI=1S/C26H32N4O3S/c1-3-33-24(31)15-22(19-11-13-23(32-2)28-16-19)26-29-17-21(34-26)9-5-4-8-20-12-10-18-7-6-14-27-25(18)30-20/h10-13,16-17,22H,3-9,14-15H2,1-2H3,(H,27,30). The van der Waals surface area contributed by atoms with Crippen LogP contribution in [0.1, 0.15) is 65.2 Å². The summed E-state index contributed by atoms with van der Waals surface area (Å²) in [6.07, 6.45) is 10.3. The van der Waals surface area contributed by atoms with Gasteiger partial charge in [-0.25, -0.2) is 15.0 Å². The number of hydrogen-bond acceptors (Lipinski definition) is 8. The summed E-state index contributed by atoms with van der Waals surface area (Å²) in [4.78, 5) is 27.3. The van der Waals surface area contributed by atoms with Gasteiger partial charge in [0.1, 0.15) is 10.8 Å². The van der Waals surface area contributed by atoms with Crippen LogP contribution in [0.25, 0.3) is 0 Å². The van der Waals surface area contributed by atoms with Crippen molar-refractivity contribution >= 4 is 23.1 Å². The van der Waals surface area contributed by atoms with Crippen molar-refractivity contribution < 1.29 is 14.3 Å². The number of nitrogens with one attached hydrogen (secondary N) is 1. The summed E-state index contributed by atoms with van der Waals surface area (Å²) >= 11 is 1.67. The topological polar surface area (TPSA) is 86.2 Å². The molecule has 1 atom stereocenters. The van der Waals surface area contributed by atoms with Crippen LogP contribution in [0.15, 0.2) is 36.7 Å². The van der Waals surface area contributed by atoms with Crippen molar-refractivity contribution in [2.75, 3.05) is 25.6 Å². The Morgan fingerprint density at radius 3 is 2.82 bits per heavy atom. The van der Waals surface area contributed by atoms with E-state index in [0.29, 0.717) is 12.5 Å². The van der Waals surface area contributed by atoms with E-state index in [9.17, 15) is 4.79 Å². The van der Waals surface area contributed by atoms with Gasteiger partial charge >= 0.3 is 5.97 Å². The van der Waals surface area contributed by atoms with E-state index in [1.165, 1.54) is 16.9 Å². The van der Waals surface area contributed by atoms with Crippen LogP contribution in [-0.4, -0.2) is 41.2 Å². The molecule has 1 aliphatic rings. The number of carbonyl (C=O) groups is 1. The highest BCUT2D eigenvalue weighted by atomic mass is 32.1. The molecule has 0 saturated carbocycles. The minimum absolute atomic E-state index is 0.177. The Balaban J connectivity index is 1.35. The van der Waals surface area contributed by atoms with E-state index in [4.69, 9.17) is 14.5 Å². The Labute approximate surface area is 205 Å². The predicted octanol–water partition coefficient (Wildman–Crippen LogP) is 4.95. The lowest BCUT2D eigenvalue weighted by molar-refractivity contribution is -0.143. The maximum absolute atomic E-state index is 12.3. The monoisotopic (exact) mass is 480 g/mol. The number of thiazole rings is 1. The summed E-state index contributed by atoms with van der Waals surface area (Å²) in [5.41, 5.74) is 3.41. The molecule has 0 saturated heterocycles. The third-order valence-electron chi connectivity index (χ3n) is 5.97. The van der Waals surface area contributed by atoms with Crippen LogP contribution in [-0.2, 0) is 28.8 Å². The minimum Gasteiger partial charge on any atom is -0.481 e. The highest BCUT2D eigenvalue weighted by Gasteiger charge is 2.23. The van der Waals surface area contributed by atoms with E-state index >= 15 is 0 Å². The van der Waals surface area contributed by atoms with Gasteiger partial charge in [-0.15, -0.1) is 11.3 Å². The first kappa shape index (κ1) is 24.1. The Morgan fingerprint density at radius 1 is 1.15 bits per heavy atom. The third-order valence-corrected chi connectivity index (χ3v) is 7.15. The fraction of sp³-hybridized carbons (Fsp3) is 0.462. The average Bonchev–Trinajstić information content (AvgIpc) is 3.34. The van der Waals surface area contributed by atoms with E-state index in [-0.39, 0.29) is 18.3 Å². The number of ether oxygens (including phenoxy) is 2. The van der Waals surface area contributed by atoms with Gasteiger partial charge in [0.2, 0.25) is 5.88 Å². The smallest absolute Gasteiger partial charge is 0.306 e. The highest BCUT2D eigenvalue weighted by molar-refractivity contribution is 7.11. The molecule has 4 heterocycles. The summed E-state index contributed by atoms with van der Waals surface area (Å²) in [5, 5.41) is 4.33. The first-order valence-electron chi connectivity index (χ1n) is 12.0. The van der Waals surface area contributed by atoms with Crippen LogP contribution < -0.4 is 10.1 Å². The van der Waals surface area contributed by atoms with Crippen molar-refractivity contribution in [1.82, 2.24) is 15.0 Å². The van der Waals surface area contributed by atoms with Gasteiger partial charge in [0.05, 0.1) is 20.1 Å². The van der Waals surface area contributed by atoms with E-state index in [0.717, 1.165) is 60.7 Å². The van der Waals surface area contributed by atoms with Crippen LogP contribution in [0.4, 0.5) is 5.82 Å². The maximum Gasteiger partial charge on any atom is 0.306 e. The number of aromatic nitrogens is 3. The maximum atomic E-state index is 12.3. The fourth-order valence-electron chi connectivity index (χ4n) is 4.17. The molecule has 8 heteroatoms. The van der Waals surface area contributed by atoms with Crippen molar-refractivity contribution in [3.8, 4) is 5.88 Å². The number of unbranched alkanes of at least 4 members (excludes halogenated alkanes) is 1. The molecular weight excluding hydrogens is 448 g/mol. The summed E-state index contributed by atoms with van der Waals surface area (Å²) in [7, 11) is 1.59. The molecule has 0 bridgehead atoms. The molecule has 0 aromatic carbocycles. The molecule has 0 fully saturated rings. The SMILES string of the molecule is CCOC(=O)CC(c1ccc(OC)nc1)c1ncc(CCCCc2ccc3c(n2)NCCC3)s1. The number of aryl methyl sites for hydroxylation is 3. The van der Waals surface area contributed by atoms with Gasteiger partial charge in [-0.3, -0.25) is 4.79 Å². The average molecular weight is 481 g/mol. The molecule has 3 aromatic rings. The van der Waals surface area contributed by atoms with Crippen LogP contribution in [0.5, 0.6) is 5.88 Å². The minimum atomic E-state index is -0.230. The van der Waals surface area contributed by atoms with E-state index in [2.05, 4.69) is 27.4 Å². The van der Waals surface area contributed by atoms with Crippen LogP contribution in [0.3, 0.4) is 0 Å². The zero-order chi connectivity index (χ0) is 23.8. The molecule has 4 rings (SSSR count). The number of hydrogen-bond donors (Lipinski definition) is 1. The van der Waals surface area contributed by atoms with Crippen molar-refractivity contribution in [3.63, 3.8) is 0 Å². The van der Waals surface area contributed by atoms with Gasteiger partial charge in [0.25, 0.3) is 0 Å². The van der Waals surface area contributed by atoms with Crippen molar-refractivity contribution in [2.24, 2.45) is 0 Å². The number of esters is 1. The number of carbonyl (C=O) groups excluding carboxylic acids is 1. The predicted molar refractivity (Wildman–Crippen MR) is 134 cm³/mol. The molecule has 0 radical (unpaired) electrons. The fourth-order valence-corrected chi connectivity index (χ4v) is 5.25. The van der Waals surface area contributed by atoms with Crippen LogP contribution >= 0.6 is 11.3 Å². The molecule has 7 nitrogen and oxygen atoms in total. The zero-order valence-electron chi connectivity index (χ0n) is 19.9. The van der Waals surface area contributed by atoms with Gasteiger partial charge in [-0.2, -0.15) is 0 Å². The van der Waals surface area contributed by atoms with E-state index in [1.54, 1.807) is 24.6 Å². The van der Waals surface area contributed by atoms with Gasteiger partial charge < -0.3 is 14.8 Å². The van der Waals surface area contributed by atoms with E-state index in [1.807, 2.05) is 25.3 Å². The largest absolute Gasteiger partial charge is 0.481 e. The lowest BCUT2D eigenvalue weighted by atomic mass is 9.98. The molecule has 180 valence electrons. The molecule has 1 unspecified atom stereocenters. The summed E-state index contributed by atoms with van der Waals surface area (Å²) in [5.74, 6) is 1.20.